The van der Waals surface area contributed by atoms with Crippen LogP contribution in [0.2, 0.25) is 0 Å². The van der Waals surface area contributed by atoms with Gasteiger partial charge in [0.2, 0.25) is 0 Å². The summed E-state index contributed by atoms with van der Waals surface area (Å²) in [5.74, 6) is -0.426. The Morgan fingerprint density at radius 3 is 2.80 bits per heavy atom. The van der Waals surface area contributed by atoms with E-state index in [9.17, 15) is 18.0 Å². The van der Waals surface area contributed by atoms with E-state index in [1.165, 1.54) is 23.5 Å². The number of rotatable bonds is 3. The molecule has 1 aromatic carbocycles. The van der Waals surface area contributed by atoms with Crippen molar-refractivity contribution in [3.8, 4) is 0 Å². The maximum Gasteiger partial charge on any atom is 0.416 e. The number of imidazole rings is 1. The van der Waals surface area contributed by atoms with Crippen molar-refractivity contribution in [1.29, 1.82) is 0 Å². The number of hydrogen-bond donors (Lipinski definition) is 0. The number of carbonyl (C=O) groups is 1. The van der Waals surface area contributed by atoms with Crippen LogP contribution in [-0.4, -0.2) is 21.5 Å². The van der Waals surface area contributed by atoms with Crippen LogP contribution in [0, 0.1) is 5.92 Å². The van der Waals surface area contributed by atoms with Gasteiger partial charge in [-0.05, 0) is 17.7 Å². The second-order valence-electron chi connectivity index (χ2n) is 7.19. The first-order valence-corrected chi connectivity index (χ1v) is 10.1. The fourth-order valence-electron chi connectivity index (χ4n) is 3.62. The summed E-state index contributed by atoms with van der Waals surface area (Å²) >= 11 is 1.38. The van der Waals surface area contributed by atoms with Gasteiger partial charge in [0.05, 0.1) is 16.8 Å². The van der Waals surface area contributed by atoms with Gasteiger partial charge in [-0.1, -0.05) is 42.5 Å². The summed E-state index contributed by atoms with van der Waals surface area (Å²) in [6, 6.07) is 5.32. The van der Waals surface area contributed by atoms with E-state index in [1.807, 2.05) is 36.6 Å². The molecule has 30 heavy (non-hydrogen) atoms. The van der Waals surface area contributed by atoms with E-state index >= 15 is 0 Å². The van der Waals surface area contributed by atoms with Gasteiger partial charge in [-0.15, -0.1) is 11.3 Å². The molecule has 2 atom stereocenters. The third-order valence-electron chi connectivity index (χ3n) is 5.06. The van der Waals surface area contributed by atoms with Crippen LogP contribution in [0.5, 0.6) is 0 Å². The number of halogens is 3. The van der Waals surface area contributed by atoms with Crippen molar-refractivity contribution in [2.24, 2.45) is 5.92 Å². The minimum Gasteiger partial charge on any atom is -0.454 e. The van der Waals surface area contributed by atoms with E-state index < -0.39 is 17.7 Å². The maximum atomic E-state index is 12.9. The van der Waals surface area contributed by atoms with Gasteiger partial charge in [0, 0.05) is 29.6 Å². The number of allylic oxidation sites excluding steroid dienone is 2. The van der Waals surface area contributed by atoms with Crippen LogP contribution in [0.15, 0.2) is 67.0 Å². The normalized spacial score (nSPS) is 20.9. The van der Waals surface area contributed by atoms with Crippen LogP contribution in [0.3, 0.4) is 0 Å². The van der Waals surface area contributed by atoms with Crippen LogP contribution < -0.4 is 0 Å². The third kappa shape index (κ3) is 3.47. The second-order valence-corrected chi connectivity index (χ2v) is 8.28. The average molecular weight is 428 g/mol. The zero-order valence-electron chi connectivity index (χ0n) is 15.5. The summed E-state index contributed by atoms with van der Waals surface area (Å²) in [5, 5.41) is 0. The van der Waals surface area contributed by atoms with Crippen molar-refractivity contribution in [2.45, 2.75) is 18.7 Å². The van der Waals surface area contributed by atoms with Crippen molar-refractivity contribution in [3.63, 3.8) is 0 Å². The highest BCUT2D eigenvalue weighted by molar-refractivity contribution is 7.17. The molecule has 3 aromatic rings. The predicted molar refractivity (Wildman–Crippen MR) is 107 cm³/mol. The number of alkyl halides is 3. The van der Waals surface area contributed by atoms with Crippen LogP contribution in [0.25, 0.3) is 10.5 Å². The molecule has 2 aliphatic rings. The molecule has 0 radical (unpaired) electrons. The molecule has 3 heterocycles. The van der Waals surface area contributed by atoms with Gasteiger partial charge in [-0.2, -0.15) is 13.2 Å². The summed E-state index contributed by atoms with van der Waals surface area (Å²) in [5.41, 5.74) is 0.873. The molecule has 0 N–H and O–H groups in total. The van der Waals surface area contributed by atoms with Crippen LogP contribution in [0.4, 0.5) is 13.2 Å². The highest BCUT2D eigenvalue weighted by atomic mass is 32.1. The number of benzene rings is 1. The number of carbonyl (C=O) groups excluding carboxylic acids is 1. The molecule has 1 aliphatic carbocycles. The van der Waals surface area contributed by atoms with Crippen molar-refractivity contribution in [2.75, 3.05) is 0 Å². The van der Waals surface area contributed by atoms with Gasteiger partial charge < -0.3 is 4.74 Å². The maximum absolute atomic E-state index is 12.9. The summed E-state index contributed by atoms with van der Waals surface area (Å²) in [4.78, 5) is 18.5. The van der Waals surface area contributed by atoms with Crippen LogP contribution >= 0.6 is 11.3 Å². The molecule has 0 unspecified atom stereocenters. The van der Waals surface area contributed by atoms with Crippen molar-refractivity contribution in [3.05, 3.63) is 88.7 Å². The first-order valence-electron chi connectivity index (χ1n) is 9.28. The largest absolute Gasteiger partial charge is 0.454 e. The van der Waals surface area contributed by atoms with E-state index in [4.69, 9.17) is 4.74 Å². The minimum absolute atomic E-state index is 0.0149. The molecular formula is C22H15F3N2O2S. The van der Waals surface area contributed by atoms with Crippen molar-refractivity contribution >= 4 is 27.8 Å². The SMILES string of the molecule is O=C1O[C@@H]2C=CC=C[C@H]2C=C1c1cn2cc(Cc3cccc(C(F)(F)F)c3)sc2n1. The van der Waals surface area contributed by atoms with Crippen LogP contribution in [-0.2, 0) is 22.1 Å². The number of esters is 1. The quantitative estimate of drug-likeness (QED) is 0.548. The van der Waals surface area contributed by atoms with E-state index in [0.717, 1.165) is 10.9 Å². The molecule has 0 amide bonds. The number of aromatic nitrogens is 2. The first-order chi connectivity index (χ1) is 14.4. The molecule has 5 rings (SSSR count). The molecule has 0 bridgehead atoms. The number of nitrogens with zero attached hydrogens (tertiary/aromatic N) is 2. The second kappa shape index (κ2) is 6.98. The Labute approximate surface area is 173 Å². The van der Waals surface area contributed by atoms with Gasteiger partial charge in [0.15, 0.2) is 4.96 Å². The van der Waals surface area contributed by atoms with E-state index in [2.05, 4.69) is 4.98 Å². The Morgan fingerprint density at radius 2 is 2.00 bits per heavy atom. The number of thiazole rings is 1. The highest BCUT2D eigenvalue weighted by Gasteiger charge is 2.32. The molecule has 4 nitrogen and oxygen atoms in total. The van der Waals surface area contributed by atoms with Gasteiger partial charge >= 0.3 is 12.1 Å². The van der Waals surface area contributed by atoms with Gasteiger partial charge in [0.25, 0.3) is 0 Å². The molecule has 0 fully saturated rings. The number of hydrogen-bond acceptors (Lipinski definition) is 4. The molecule has 0 saturated heterocycles. The molecule has 1 aliphatic heterocycles. The Hall–Kier alpha value is -3.13. The van der Waals surface area contributed by atoms with E-state index in [1.54, 1.807) is 16.7 Å². The van der Waals surface area contributed by atoms with Gasteiger partial charge in [-0.25, -0.2) is 9.78 Å². The lowest BCUT2D eigenvalue weighted by atomic mass is 9.92. The Morgan fingerprint density at radius 1 is 1.17 bits per heavy atom. The van der Waals surface area contributed by atoms with Crippen LogP contribution in [0.1, 0.15) is 21.7 Å². The Bertz CT molecular complexity index is 1200. The van der Waals surface area contributed by atoms with Gasteiger partial charge in [0.1, 0.15) is 6.10 Å². The Kier molecular flexibility index (Phi) is 4.39. The summed E-state index contributed by atoms with van der Waals surface area (Å²) in [7, 11) is 0. The zero-order chi connectivity index (χ0) is 20.9. The third-order valence-corrected chi connectivity index (χ3v) is 6.06. The first kappa shape index (κ1) is 18.9. The van der Waals surface area contributed by atoms with E-state index in [-0.39, 0.29) is 12.0 Å². The topological polar surface area (TPSA) is 43.6 Å². The van der Waals surface area contributed by atoms with Gasteiger partial charge in [-0.3, -0.25) is 4.40 Å². The molecular weight excluding hydrogens is 413 g/mol. The lowest BCUT2D eigenvalue weighted by Gasteiger charge is -2.26. The monoisotopic (exact) mass is 428 g/mol. The number of ether oxygens (including phenoxy) is 1. The predicted octanol–water partition coefficient (Wildman–Crippen LogP) is 5.06. The summed E-state index contributed by atoms with van der Waals surface area (Å²) in [6.45, 7) is 0. The standard InChI is InChI=1S/C22H15F3N2O2S/c23-22(24,25)15-6-3-4-13(8-15)9-16-11-27-12-18(26-21(27)30-16)17-10-14-5-1-2-7-19(14)29-20(17)28/h1-8,10-12,14,19H,9H2/t14-,19+/m0/s1. The smallest absolute Gasteiger partial charge is 0.416 e. The fraction of sp³-hybridized carbons (Fsp3) is 0.182. The molecule has 2 aromatic heterocycles. The molecule has 0 spiro atoms. The molecule has 152 valence electrons. The van der Waals surface area contributed by atoms with Crippen molar-refractivity contribution < 1.29 is 22.7 Å². The molecule has 0 saturated carbocycles. The van der Waals surface area contributed by atoms with Crippen molar-refractivity contribution in [1.82, 2.24) is 9.38 Å². The average Bonchev–Trinajstić information content (AvgIpc) is 3.25. The summed E-state index contributed by atoms with van der Waals surface area (Å²) in [6.07, 6.45) is 8.77. The summed E-state index contributed by atoms with van der Waals surface area (Å²) < 4.78 is 46.0. The highest BCUT2D eigenvalue weighted by Crippen LogP contribution is 2.32. The van der Waals surface area contributed by atoms with E-state index in [0.29, 0.717) is 28.2 Å². The number of fused-ring (bicyclic) bond motifs is 2. The fourth-order valence-corrected chi connectivity index (χ4v) is 4.62. The molecule has 8 heteroatoms. The zero-order valence-corrected chi connectivity index (χ0v) is 16.3. The lowest BCUT2D eigenvalue weighted by molar-refractivity contribution is -0.141. The lowest BCUT2D eigenvalue weighted by Crippen LogP contribution is -2.29. The minimum atomic E-state index is -4.36. The Balaban J connectivity index is 1.40.